The third-order valence-electron chi connectivity index (χ3n) is 8.59. The molecular formula is C33H49N7O5. The second-order valence-electron chi connectivity index (χ2n) is 13.4. The third-order valence-corrected chi connectivity index (χ3v) is 8.59. The maximum atomic E-state index is 13.3. The van der Waals surface area contributed by atoms with Gasteiger partial charge in [0, 0.05) is 44.0 Å². The number of nitrogens with one attached hydrogen (secondary N) is 2. The molecule has 12 nitrogen and oxygen atoms in total. The summed E-state index contributed by atoms with van der Waals surface area (Å²) in [6.45, 7) is 9.98. The van der Waals surface area contributed by atoms with Crippen LogP contribution in [0.1, 0.15) is 76.0 Å². The Morgan fingerprint density at radius 3 is 2.58 bits per heavy atom. The van der Waals surface area contributed by atoms with Gasteiger partial charge in [0.2, 0.25) is 11.8 Å². The van der Waals surface area contributed by atoms with E-state index in [1.54, 1.807) is 30.0 Å². The molecule has 2 aliphatic rings. The van der Waals surface area contributed by atoms with Crippen molar-refractivity contribution < 1.29 is 23.9 Å². The van der Waals surface area contributed by atoms with Crippen LogP contribution >= 0.6 is 0 Å². The first-order valence-corrected chi connectivity index (χ1v) is 15.7. The van der Waals surface area contributed by atoms with E-state index in [2.05, 4.69) is 25.5 Å². The van der Waals surface area contributed by atoms with E-state index in [0.717, 1.165) is 32.4 Å². The Hall–Kier alpha value is -3.93. The normalized spacial score (nSPS) is 16.3. The number of carbonyl (C=O) groups excluding carboxylic acids is 3. The predicted molar refractivity (Wildman–Crippen MR) is 175 cm³/mol. The first-order valence-electron chi connectivity index (χ1n) is 15.7. The number of hydrogen-bond donors (Lipinski definition) is 2. The molecular weight excluding hydrogens is 574 g/mol. The fourth-order valence-corrected chi connectivity index (χ4v) is 5.74. The van der Waals surface area contributed by atoms with Gasteiger partial charge in [-0.15, -0.1) is 0 Å². The predicted octanol–water partition coefficient (Wildman–Crippen LogP) is 3.92. The lowest BCUT2D eigenvalue weighted by molar-refractivity contribution is -0.126. The highest BCUT2D eigenvalue weighted by Crippen LogP contribution is 2.38. The number of nitrogens with zero attached hydrogens (tertiary/aromatic N) is 5. The van der Waals surface area contributed by atoms with Gasteiger partial charge in [-0.3, -0.25) is 19.4 Å². The van der Waals surface area contributed by atoms with Gasteiger partial charge in [-0.2, -0.15) is 0 Å². The number of aliphatic imine (C=N–C) groups is 1. The van der Waals surface area contributed by atoms with E-state index < -0.39 is 10.8 Å². The highest BCUT2D eigenvalue weighted by molar-refractivity contribution is 6.03. The Labute approximate surface area is 266 Å². The quantitative estimate of drug-likeness (QED) is 0.305. The van der Waals surface area contributed by atoms with Crippen LogP contribution in [0.25, 0.3) is 0 Å². The number of methoxy groups -OCH3 is 1. The van der Waals surface area contributed by atoms with E-state index in [4.69, 9.17) is 9.47 Å². The number of amides is 3. The highest BCUT2D eigenvalue weighted by atomic mass is 16.5. The van der Waals surface area contributed by atoms with Crippen molar-refractivity contribution in [2.75, 3.05) is 52.8 Å². The van der Waals surface area contributed by atoms with Gasteiger partial charge in [0.1, 0.15) is 11.2 Å². The van der Waals surface area contributed by atoms with E-state index in [0.29, 0.717) is 60.4 Å². The summed E-state index contributed by atoms with van der Waals surface area (Å²) in [5.74, 6) is 1.63. The summed E-state index contributed by atoms with van der Waals surface area (Å²) < 4.78 is 13.4. The van der Waals surface area contributed by atoms with E-state index >= 15 is 0 Å². The molecule has 0 unspecified atom stereocenters. The topological polar surface area (TPSA) is 130 Å². The molecule has 0 spiro atoms. The maximum absolute atomic E-state index is 13.3. The number of carbonyl (C=O) groups is 3. The molecule has 0 bridgehead atoms. The van der Waals surface area contributed by atoms with Gasteiger partial charge in [-0.25, -0.2) is 4.98 Å². The van der Waals surface area contributed by atoms with Crippen LogP contribution in [0.2, 0.25) is 0 Å². The van der Waals surface area contributed by atoms with E-state index in [1.165, 1.54) is 0 Å². The van der Waals surface area contributed by atoms with Gasteiger partial charge >= 0.3 is 0 Å². The number of benzene rings is 1. The Morgan fingerprint density at radius 1 is 1.11 bits per heavy atom. The van der Waals surface area contributed by atoms with Crippen LogP contribution in [0.4, 0.5) is 11.5 Å². The number of anilines is 1. The molecule has 0 aliphatic carbocycles. The van der Waals surface area contributed by atoms with Crippen molar-refractivity contribution in [3.63, 3.8) is 0 Å². The number of hydrogen-bond acceptors (Lipinski definition) is 8. The van der Waals surface area contributed by atoms with Gasteiger partial charge in [0.15, 0.2) is 17.3 Å². The Morgan fingerprint density at radius 2 is 1.87 bits per heavy atom. The summed E-state index contributed by atoms with van der Waals surface area (Å²) >= 11 is 0. The van der Waals surface area contributed by atoms with Crippen LogP contribution in [0.5, 0.6) is 11.5 Å². The number of imidazole rings is 1. The van der Waals surface area contributed by atoms with Crippen LogP contribution in [0.15, 0.2) is 23.3 Å². The molecule has 1 atom stereocenters. The molecule has 2 aliphatic heterocycles. The summed E-state index contributed by atoms with van der Waals surface area (Å²) in [5.41, 5.74) is -0.500. The number of fused-ring (bicyclic) bond motifs is 2. The molecule has 1 aromatic carbocycles. The fourth-order valence-electron chi connectivity index (χ4n) is 5.74. The van der Waals surface area contributed by atoms with Crippen molar-refractivity contribution in [2.24, 2.45) is 17.5 Å². The standard InChI is InChI=1S/C33H49N7O5/c1-32(2,30(42)37-27-21-39(7)29(36-27)33(3,4)31(43)34-14-11-15-38(5)6)13-10-17-45-26-19-24-23(18-25(26)44-8)28(41)40-16-9-12-22(40)20-35-24/h18-22H,9-17H2,1-8H3,(H,34,43)(H,37,42)/t22-/m0/s1. The molecule has 2 aromatic rings. The van der Waals surface area contributed by atoms with Gasteiger partial charge in [-0.05, 0) is 72.7 Å². The second kappa shape index (κ2) is 14.0. The third kappa shape index (κ3) is 7.84. The van der Waals surface area contributed by atoms with Crippen molar-refractivity contribution in [3.05, 3.63) is 29.7 Å². The van der Waals surface area contributed by atoms with Gasteiger partial charge in [0.25, 0.3) is 5.91 Å². The lowest BCUT2D eigenvalue weighted by Crippen LogP contribution is -2.42. The number of aryl methyl sites for hydroxylation is 1. The maximum Gasteiger partial charge on any atom is 0.256 e. The van der Waals surface area contributed by atoms with E-state index in [1.807, 2.05) is 60.0 Å². The summed E-state index contributed by atoms with van der Waals surface area (Å²) in [7, 11) is 7.37. The summed E-state index contributed by atoms with van der Waals surface area (Å²) in [6, 6.07) is 3.49. The molecule has 3 heterocycles. The van der Waals surface area contributed by atoms with Crippen LogP contribution in [-0.4, -0.2) is 96.8 Å². The minimum atomic E-state index is -0.880. The largest absolute Gasteiger partial charge is 0.493 e. The first-order chi connectivity index (χ1) is 21.2. The number of rotatable bonds is 14. The lowest BCUT2D eigenvalue weighted by atomic mass is 9.87. The Balaban J connectivity index is 1.32. The minimum Gasteiger partial charge on any atom is -0.493 e. The molecule has 246 valence electrons. The first kappa shape index (κ1) is 34.0. The van der Waals surface area contributed by atoms with Crippen molar-refractivity contribution in [1.29, 1.82) is 0 Å². The summed E-state index contributed by atoms with van der Waals surface area (Å²) in [6.07, 6.45) is 7.49. The zero-order chi connectivity index (χ0) is 32.9. The molecule has 0 saturated carbocycles. The van der Waals surface area contributed by atoms with Crippen molar-refractivity contribution in [3.8, 4) is 11.5 Å². The molecule has 12 heteroatoms. The van der Waals surface area contributed by atoms with E-state index in [-0.39, 0.29) is 23.8 Å². The van der Waals surface area contributed by atoms with Gasteiger partial charge in [0.05, 0.1) is 31.0 Å². The molecule has 0 radical (unpaired) electrons. The SMILES string of the molecule is COc1cc2c(cc1OCCCC(C)(C)C(=O)Nc1cn(C)c(C(C)(C)C(=O)NCCCN(C)C)n1)N=C[C@@H]1CCCN1C2=O. The molecule has 4 rings (SSSR count). The number of aromatic nitrogens is 2. The average Bonchev–Trinajstić information content (AvgIpc) is 3.59. The molecule has 1 aromatic heterocycles. The van der Waals surface area contributed by atoms with Crippen LogP contribution < -0.4 is 20.1 Å². The van der Waals surface area contributed by atoms with Crippen molar-refractivity contribution in [2.45, 2.75) is 71.3 Å². The zero-order valence-electron chi connectivity index (χ0n) is 28.0. The smallest absolute Gasteiger partial charge is 0.256 e. The monoisotopic (exact) mass is 623 g/mol. The molecule has 45 heavy (non-hydrogen) atoms. The van der Waals surface area contributed by atoms with E-state index in [9.17, 15) is 14.4 Å². The van der Waals surface area contributed by atoms with Crippen LogP contribution in [0.3, 0.4) is 0 Å². The highest BCUT2D eigenvalue weighted by Gasteiger charge is 2.36. The minimum absolute atomic E-state index is 0.0281. The van der Waals surface area contributed by atoms with Crippen LogP contribution in [0, 0.1) is 5.41 Å². The van der Waals surface area contributed by atoms with Crippen molar-refractivity contribution in [1.82, 2.24) is 24.7 Å². The Kier molecular flexibility index (Phi) is 10.6. The summed E-state index contributed by atoms with van der Waals surface area (Å²) in [5, 5.41) is 5.94. The van der Waals surface area contributed by atoms with Crippen LogP contribution in [-0.2, 0) is 22.1 Å². The fraction of sp³-hybridized carbons (Fsp3) is 0.606. The zero-order valence-corrected chi connectivity index (χ0v) is 28.0. The average molecular weight is 624 g/mol. The van der Waals surface area contributed by atoms with Crippen molar-refractivity contribution >= 4 is 35.4 Å². The number of ether oxygens (including phenoxy) is 2. The van der Waals surface area contributed by atoms with Gasteiger partial charge in [-0.1, -0.05) is 13.8 Å². The molecule has 1 saturated heterocycles. The second-order valence-corrected chi connectivity index (χ2v) is 13.4. The lowest BCUT2D eigenvalue weighted by Gasteiger charge is -2.24. The molecule has 1 fully saturated rings. The summed E-state index contributed by atoms with van der Waals surface area (Å²) in [4.78, 5) is 52.5. The molecule has 2 N–H and O–H groups in total. The van der Waals surface area contributed by atoms with Gasteiger partial charge < -0.3 is 34.5 Å². The molecule has 3 amide bonds. The Bertz CT molecular complexity index is 1430.